The highest BCUT2D eigenvalue weighted by molar-refractivity contribution is 14.0. The second-order valence-electron chi connectivity index (χ2n) is 6.54. The SMILES string of the molecule is CN=C(NCCc1nc(C(F)(F)F)cs1)NCCc1nnc2n1CCCCC2.I. The molecular formula is C17H25F3IN7S. The lowest BCUT2D eigenvalue weighted by Crippen LogP contribution is -2.39. The van der Waals surface area contributed by atoms with Gasteiger partial charge in [-0.3, -0.25) is 4.99 Å². The van der Waals surface area contributed by atoms with E-state index >= 15 is 0 Å². The van der Waals surface area contributed by atoms with Crippen molar-refractivity contribution in [1.82, 2.24) is 30.4 Å². The van der Waals surface area contributed by atoms with Gasteiger partial charge in [0.1, 0.15) is 11.6 Å². The van der Waals surface area contributed by atoms with E-state index in [1.165, 1.54) is 6.42 Å². The van der Waals surface area contributed by atoms with Gasteiger partial charge in [0, 0.05) is 51.3 Å². The summed E-state index contributed by atoms with van der Waals surface area (Å²) in [5.74, 6) is 2.64. The second-order valence-corrected chi connectivity index (χ2v) is 7.49. The average molecular weight is 543 g/mol. The van der Waals surface area contributed by atoms with Gasteiger partial charge in [-0.05, 0) is 12.8 Å². The largest absolute Gasteiger partial charge is 0.434 e. The standard InChI is InChI=1S/C17H24F3N7S.HI/c1-21-16(23-9-7-15-24-12(11-28-15)17(18,19)20)22-8-6-14-26-25-13-5-3-2-4-10-27(13)14;/h11H,2-10H2,1H3,(H2,21,22,23);1H. The lowest BCUT2D eigenvalue weighted by molar-refractivity contribution is -0.140. The van der Waals surface area contributed by atoms with Crippen LogP contribution in [0.5, 0.6) is 0 Å². The summed E-state index contributed by atoms with van der Waals surface area (Å²) < 4.78 is 39.9. The molecule has 0 aromatic carbocycles. The van der Waals surface area contributed by atoms with Gasteiger partial charge < -0.3 is 15.2 Å². The summed E-state index contributed by atoms with van der Waals surface area (Å²) in [7, 11) is 1.66. The zero-order valence-electron chi connectivity index (χ0n) is 16.1. The van der Waals surface area contributed by atoms with Crippen LogP contribution in [0.1, 0.15) is 41.6 Å². The number of aliphatic imine (C=N–C) groups is 1. The summed E-state index contributed by atoms with van der Waals surface area (Å²) in [6, 6.07) is 0. The van der Waals surface area contributed by atoms with Crippen molar-refractivity contribution >= 4 is 41.3 Å². The first-order chi connectivity index (χ1) is 13.5. The van der Waals surface area contributed by atoms with Crippen molar-refractivity contribution in [1.29, 1.82) is 0 Å². The summed E-state index contributed by atoms with van der Waals surface area (Å²) in [6.45, 7) is 2.07. The Bertz CT molecular complexity index is 803. The molecule has 0 amide bonds. The molecular weight excluding hydrogens is 518 g/mol. The van der Waals surface area contributed by atoms with Gasteiger partial charge in [0.05, 0.1) is 5.01 Å². The van der Waals surface area contributed by atoms with E-state index in [0.717, 1.165) is 60.6 Å². The molecule has 1 aliphatic heterocycles. The van der Waals surface area contributed by atoms with Gasteiger partial charge in [0.15, 0.2) is 11.7 Å². The van der Waals surface area contributed by atoms with Crippen molar-refractivity contribution in [2.75, 3.05) is 20.1 Å². The molecule has 0 saturated carbocycles. The summed E-state index contributed by atoms with van der Waals surface area (Å²) in [5.41, 5.74) is -0.831. The fraction of sp³-hybridized carbons (Fsp3) is 0.647. The number of thiazole rings is 1. The number of fused-ring (bicyclic) bond motifs is 1. The predicted molar refractivity (Wildman–Crippen MR) is 117 cm³/mol. The monoisotopic (exact) mass is 543 g/mol. The number of nitrogens with zero attached hydrogens (tertiary/aromatic N) is 5. The lowest BCUT2D eigenvalue weighted by Gasteiger charge is -2.12. The van der Waals surface area contributed by atoms with Crippen molar-refractivity contribution in [2.45, 2.75) is 51.2 Å². The molecule has 2 aromatic heterocycles. The molecule has 0 saturated heterocycles. The number of rotatable bonds is 6. The van der Waals surface area contributed by atoms with Crippen LogP contribution in [0.2, 0.25) is 0 Å². The first-order valence-corrected chi connectivity index (χ1v) is 10.2. The van der Waals surface area contributed by atoms with Crippen molar-refractivity contribution in [2.24, 2.45) is 4.99 Å². The Morgan fingerprint density at radius 3 is 2.62 bits per heavy atom. The van der Waals surface area contributed by atoms with Gasteiger partial charge in [-0.1, -0.05) is 6.42 Å². The maximum absolute atomic E-state index is 12.6. The Morgan fingerprint density at radius 1 is 1.17 bits per heavy atom. The number of nitrogens with one attached hydrogen (secondary N) is 2. The first-order valence-electron chi connectivity index (χ1n) is 9.34. The Kier molecular flexibility index (Phi) is 9.11. The van der Waals surface area contributed by atoms with Gasteiger partial charge >= 0.3 is 6.18 Å². The Balaban J connectivity index is 0.00000300. The normalized spacial score (nSPS) is 14.7. The molecule has 3 heterocycles. The maximum Gasteiger partial charge on any atom is 0.434 e. The molecule has 2 aromatic rings. The molecule has 0 radical (unpaired) electrons. The molecule has 3 rings (SSSR count). The van der Waals surface area contributed by atoms with Crippen LogP contribution in [-0.4, -0.2) is 45.8 Å². The minimum absolute atomic E-state index is 0. The van der Waals surface area contributed by atoms with Gasteiger partial charge in [-0.25, -0.2) is 4.98 Å². The summed E-state index contributed by atoms with van der Waals surface area (Å²) >= 11 is 1.02. The van der Waals surface area contributed by atoms with E-state index in [1.807, 2.05) is 0 Å². The predicted octanol–water partition coefficient (Wildman–Crippen LogP) is 3.05. The second kappa shape index (κ2) is 11.1. The molecule has 12 heteroatoms. The highest BCUT2D eigenvalue weighted by Crippen LogP contribution is 2.30. The van der Waals surface area contributed by atoms with Crippen LogP contribution in [0, 0.1) is 0 Å². The zero-order chi connectivity index (χ0) is 20.0. The van der Waals surface area contributed by atoms with Crippen molar-refractivity contribution in [3.63, 3.8) is 0 Å². The smallest absolute Gasteiger partial charge is 0.356 e. The number of aryl methyl sites for hydroxylation is 1. The summed E-state index contributed by atoms with van der Waals surface area (Å²) in [4.78, 5) is 7.76. The molecule has 1 aliphatic rings. The minimum Gasteiger partial charge on any atom is -0.356 e. The van der Waals surface area contributed by atoms with Gasteiger partial charge in [0.2, 0.25) is 0 Å². The van der Waals surface area contributed by atoms with E-state index in [4.69, 9.17) is 0 Å². The van der Waals surface area contributed by atoms with Crippen LogP contribution < -0.4 is 10.6 Å². The molecule has 2 N–H and O–H groups in total. The Hall–Kier alpha value is -1.44. The summed E-state index contributed by atoms with van der Waals surface area (Å²) in [5, 5.41) is 16.4. The van der Waals surface area contributed by atoms with Crippen LogP contribution in [0.4, 0.5) is 13.2 Å². The zero-order valence-corrected chi connectivity index (χ0v) is 19.3. The molecule has 0 bridgehead atoms. The van der Waals surface area contributed by atoms with Crippen LogP contribution in [0.25, 0.3) is 0 Å². The van der Waals surface area contributed by atoms with Crippen molar-refractivity contribution in [3.8, 4) is 0 Å². The number of guanidine groups is 1. The van der Waals surface area contributed by atoms with Gasteiger partial charge in [0.25, 0.3) is 0 Å². The molecule has 0 aliphatic carbocycles. The third-order valence-electron chi connectivity index (χ3n) is 4.52. The average Bonchev–Trinajstić information content (AvgIpc) is 3.21. The van der Waals surface area contributed by atoms with Crippen LogP contribution in [0.15, 0.2) is 10.4 Å². The van der Waals surface area contributed by atoms with E-state index in [0.29, 0.717) is 30.5 Å². The highest BCUT2D eigenvalue weighted by Gasteiger charge is 2.33. The van der Waals surface area contributed by atoms with Crippen molar-refractivity contribution in [3.05, 3.63) is 27.7 Å². The van der Waals surface area contributed by atoms with E-state index in [9.17, 15) is 13.2 Å². The first kappa shape index (κ1) is 23.8. The Morgan fingerprint density at radius 2 is 1.93 bits per heavy atom. The van der Waals surface area contributed by atoms with E-state index in [-0.39, 0.29) is 24.0 Å². The number of aromatic nitrogens is 4. The fourth-order valence-corrected chi connectivity index (χ4v) is 3.89. The number of halogens is 4. The van der Waals surface area contributed by atoms with E-state index in [1.54, 1.807) is 7.05 Å². The van der Waals surface area contributed by atoms with Gasteiger partial charge in [-0.15, -0.1) is 45.5 Å². The van der Waals surface area contributed by atoms with E-state index in [2.05, 4.69) is 35.4 Å². The number of alkyl halides is 3. The molecule has 7 nitrogen and oxygen atoms in total. The molecule has 29 heavy (non-hydrogen) atoms. The quantitative estimate of drug-likeness (QED) is 0.333. The fourth-order valence-electron chi connectivity index (χ4n) is 3.09. The van der Waals surface area contributed by atoms with Gasteiger partial charge in [-0.2, -0.15) is 13.2 Å². The molecule has 0 unspecified atom stereocenters. The van der Waals surface area contributed by atoms with Crippen LogP contribution in [0.3, 0.4) is 0 Å². The lowest BCUT2D eigenvalue weighted by atomic mass is 10.2. The highest BCUT2D eigenvalue weighted by atomic mass is 127. The molecule has 0 spiro atoms. The van der Waals surface area contributed by atoms with Crippen LogP contribution >= 0.6 is 35.3 Å². The van der Waals surface area contributed by atoms with Crippen LogP contribution in [-0.2, 0) is 32.0 Å². The topological polar surface area (TPSA) is 80.0 Å². The minimum atomic E-state index is -4.39. The van der Waals surface area contributed by atoms with Crippen molar-refractivity contribution < 1.29 is 13.2 Å². The third-order valence-corrected chi connectivity index (χ3v) is 5.43. The third kappa shape index (κ3) is 6.79. The Labute approximate surface area is 188 Å². The summed E-state index contributed by atoms with van der Waals surface area (Å²) in [6.07, 6.45) is 1.27. The number of hydrogen-bond acceptors (Lipinski definition) is 5. The molecule has 0 atom stereocenters. The molecule has 0 fully saturated rings. The maximum atomic E-state index is 12.6. The van der Waals surface area contributed by atoms with E-state index < -0.39 is 11.9 Å². The molecule has 162 valence electrons. The number of hydrogen-bond donors (Lipinski definition) is 2.